The molecule has 0 radical (unpaired) electrons. The first-order valence-electron chi connectivity index (χ1n) is 2.45. The summed E-state index contributed by atoms with van der Waals surface area (Å²) in [6, 6.07) is 0. The molecule has 0 amide bonds. The van der Waals surface area contributed by atoms with Crippen molar-refractivity contribution in [3.63, 3.8) is 0 Å². The quantitative estimate of drug-likeness (QED) is 0.480. The molecule has 1 N–H and O–H groups in total. The molecule has 44 valence electrons. The van der Waals surface area contributed by atoms with E-state index < -0.39 is 0 Å². The lowest BCUT2D eigenvalue weighted by Gasteiger charge is -1.96. The predicted octanol–water partition coefficient (Wildman–Crippen LogP) is 0.447. The molecule has 2 nitrogen and oxygen atoms in total. The minimum Gasteiger partial charge on any atom is -0.499 e. The molecule has 0 saturated carbocycles. The third-order valence-electron chi connectivity index (χ3n) is 0.835. The van der Waals surface area contributed by atoms with Gasteiger partial charge in [-0.15, -0.1) is 0 Å². The van der Waals surface area contributed by atoms with Crippen molar-refractivity contribution in [3.8, 4) is 0 Å². The molecule has 0 spiro atoms. The first-order valence-corrected chi connectivity index (χ1v) is 2.86. The highest BCUT2D eigenvalue weighted by molar-refractivity contribution is 7.80. The van der Waals surface area contributed by atoms with Crippen molar-refractivity contribution in [2.75, 3.05) is 13.2 Å². The Labute approximate surface area is 53.5 Å². The molecule has 0 aliphatic carbocycles. The van der Waals surface area contributed by atoms with Crippen molar-refractivity contribution in [1.29, 1.82) is 0 Å². The third-order valence-corrected chi connectivity index (χ3v) is 1.12. The van der Waals surface area contributed by atoms with Crippen LogP contribution in [0.4, 0.5) is 0 Å². The van der Waals surface area contributed by atoms with Crippen LogP contribution in [0.2, 0.25) is 0 Å². The van der Waals surface area contributed by atoms with Gasteiger partial charge in [-0.1, -0.05) is 12.2 Å². The summed E-state index contributed by atoms with van der Waals surface area (Å²) in [5.41, 5.74) is 0. The number of rotatable bonds is 0. The number of ether oxygens (including phenoxy) is 1. The van der Waals surface area contributed by atoms with Crippen molar-refractivity contribution in [3.05, 3.63) is 12.3 Å². The maximum absolute atomic E-state index is 4.93. The van der Waals surface area contributed by atoms with E-state index in [1.807, 2.05) is 0 Å². The van der Waals surface area contributed by atoms with E-state index in [9.17, 15) is 0 Å². The van der Waals surface area contributed by atoms with E-state index in [0.29, 0.717) is 6.61 Å². The summed E-state index contributed by atoms with van der Waals surface area (Å²) in [7, 11) is 0. The standard InChI is InChI=1S/C5H7NOS/c8-5-1-3-7-4-2-6-5/h1,3H,2,4H2,(H,6,8). The second kappa shape index (κ2) is 2.67. The molecule has 0 aromatic heterocycles. The molecular weight excluding hydrogens is 122 g/mol. The van der Waals surface area contributed by atoms with Crippen molar-refractivity contribution >= 4 is 17.2 Å². The summed E-state index contributed by atoms with van der Waals surface area (Å²) in [6.07, 6.45) is 3.35. The molecule has 1 rings (SSSR count). The summed E-state index contributed by atoms with van der Waals surface area (Å²) < 4.78 is 4.93. The first kappa shape index (κ1) is 5.56. The molecule has 3 heteroatoms. The highest BCUT2D eigenvalue weighted by atomic mass is 32.1. The summed E-state index contributed by atoms with van der Waals surface area (Å²) in [6.45, 7) is 1.52. The number of thiocarbonyl (C=S) groups is 1. The van der Waals surface area contributed by atoms with Gasteiger partial charge in [0, 0.05) is 12.6 Å². The molecule has 1 aliphatic rings. The Bertz CT molecular complexity index is 122. The predicted molar refractivity (Wildman–Crippen MR) is 35.7 cm³/mol. The topological polar surface area (TPSA) is 21.3 Å². The fraction of sp³-hybridized carbons (Fsp3) is 0.400. The van der Waals surface area contributed by atoms with Crippen LogP contribution in [-0.2, 0) is 4.74 Å². The Hall–Kier alpha value is -0.570. The monoisotopic (exact) mass is 129 g/mol. The van der Waals surface area contributed by atoms with Crippen LogP contribution in [0.5, 0.6) is 0 Å². The highest BCUT2D eigenvalue weighted by Crippen LogP contribution is 1.84. The van der Waals surface area contributed by atoms with Gasteiger partial charge in [0.25, 0.3) is 0 Å². The van der Waals surface area contributed by atoms with E-state index in [-0.39, 0.29) is 0 Å². The molecule has 8 heavy (non-hydrogen) atoms. The van der Waals surface area contributed by atoms with Crippen LogP contribution in [0.25, 0.3) is 0 Å². The molecule has 1 heterocycles. The number of hydrogen-bond donors (Lipinski definition) is 1. The van der Waals surface area contributed by atoms with Crippen molar-refractivity contribution in [2.24, 2.45) is 0 Å². The summed E-state index contributed by atoms with van der Waals surface area (Å²) in [4.78, 5) is 0.752. The van der Waals surface area contributed by atoms with Crippen LogP contribution in [0.3, 0.4) is 0 Å². The van der Waals surface area contributed by atoms with Crippen LogP contribution in [0.1, 0.15) is 0 Å². The van der Waals surface area contributed by atoms with Crippen molar-refractivity contribution in [2.45, 2.75) is 0 Å². The lowest BCUT2D eigenvalue weighted by atomic mass is 10.6. The van der Waals surface area contributed by atoms with Gasteiger partial charge < -0.3 is 10.1 Å². The third kappa shape index (κ3) is 1.50. The van der Waals surface area contributed by atoms with Gasteiger partial charge in [-0.05, 0) is 0 Å². The Morgan fingerprint density at radius 1 is 1.75 bits per heavy atom. The van der Waals surface area contributed by atoms with E-state index in [1.165, 1.54) is 0 Å². The fourth-order valence-corrected chi connectivity index (χ4v) is 0.628. The molecule has 0 atom stereocenters. The zero-order valence-electron chi connectivity index (χ0n) is 4.39. The van der Waals surface area contributed by atoms with Gasteiger partial charge in [0.05, 0.1) is 6.26 Å². The maximum Gasteiger partial charge on any atom is 0.105 e. The Morgan fingerprint density at radius 3 is 3.50 bits per heavy atom. The second-order valence-electron chi connectivity index (χ2n) is 1.46. The van der Waals surface area contributed by atoms with Crippen LogP contribution in [-0.4, -0.2) is 18.1 Å². The zero-order chi connectivity index (χ0) is 5.82. The fourth-order valence-electron chi connectivity index (χ4n) is 0.470. The zero-order valence-corrected chi connectivity index (χ0v) is 5.20. The summed E-state index contributed by atoms with van der Waals surface area (Å²) in [5.74, 6) is 0. The molecule has 0 aromatic carbocycles. The van der Waals surface area contributed by atoms with Gasteiger partial charge in [0.15, 0.2) is 0 Å². The van der Waals surface area contributed by atoms with Crippen molar-refractivity contribution < 1.29 is 4.74 Å². The normalized spacial score (nSPS) is 18.8. The van der Waals surface area contributed by atoms with Crippen molar-refractivity contribution in [1.82, 2.24) is 5.32 Å². The van der Waals surface area contributed by atoms with Gasteiger partial charge in [0.1, 0.15) is 11.6 Å². The maximum atomic E-state index is 4.93. The van der Waals surface area contributed by atoms with Gasteiger partial charge in [0.2, 0.25) is 0 Å². The average molecular weight is 129 g/mol. The Kier molecular flexibility index (Phi) is 1.86. The summed E-state index contributed by atoms with van der Waals surface area (Å²) in [5, 5.41) is 2.96. The van der Waals surface area contributed by atoms with E-state index in [1.54, 1.807) is 12.3 Å². The highest BCUT2D eigenvalue weighted by Gasteiger charge is 1.92. The van der Waals surface area contributed by atoms with E-state index in [4.69, 9.17) is 17.0 Å². The van der Waals surface area contributed by atoms with Crippen LogP contribution >= 0.6 is 12.2 Å². The van der Waals surface area contributed by atoms with Crippen LogP contribution in [0.15, 0.2) is 12.3 Å². The first-order chi connectivity index (χ1) is 3.89. The average Bonchev–Trinajstić information content (AvgIpc) is 1.94. The molecule has 1 aliphatic heterocycles. The van der Waals surface area contributed by atoms with Gasteiger partial charge in [-0.3, -0.25) is 0 Å². The Morgan fingerprint density at radius 2 is 2.62 bits per heavy atom. The van der Waals surface area contributed by atoms with E-state index >= 15 is 0 Å². The van der Waals surface area contributed by atoms with Crippen LogP contribution in [0, 0.1) is 0 Å². The molecular formula is C5H7NOS. The van der Waals surface area contributed by atoms with Gasteiger partial charge in [-0.2, -0.15) is 0 Å². The molecule has 0 aromatic rings. The number of nitrogens with one attached hydrogen (secondary N) is 1. The van der Waals surface area contributed by atoms with Gasteiger partial charge >= 0.3 is 0 Å². The molecule has 0 unspecified atom stereocenters. The van der Waals surface area contributed by atoms with E-state index in [2.05, 4.69) is 5.32 Å². The molecule has 0 saturated heterocycles. The van der Waals surface area contributed by atoms with E-state index in [0.717, 1.165) is 11.5 Å². The SMILES string of the molecule is S=C1C=COCCN1. The van der Waals surface area contributed by atoms with Crippen LogP contribution < -0.4 is 5.32 Å². The lowest BCUT2D eigenvalue weighted by Crippen LogP contribution is -2.20. The largest absolute Gasteiger partial charge is 0.499 e. The molecule has 0 bridgehead atoms. The summed E-state index contributed by atoms with van der Waals surface area (Å²) >= 11 is 4.81. The lowest BCUT2D eigenvalue weighted by molar-refractivity contribution is 0.259. The minimum absolute atomic E-state index is 0.705. The minimum atomic E-state index is 0.705. The number of hydrogen-bond acceptors (Lipinski definition) is 2. The van der Waals surface area contributed by atoms with Gasteiger partial charge in [-0.25, -0.2) is 0 Å². The second-order valence-corrected chi connectivity index (χ2v) is 1.90. The smallest absolute Gasteiger partial charge is 0.105 e. The Balaban J connectivity index is 2.44. The molecule has 0 fully saturated rings.